The Morgan fingerprint density at radius 3 is 2.61 bits per heavy atom. The number of hydrogen-bond acceptors (Lipinski definition) is 5. The summed E-state index contributed by atoms with van der Waals surface area (Å²) in [5.74, 6) is -3.15. The van der Waals surface area contributed by atoms with E-state index < -0.39 is 41.5 Å². The molecule has 5 heterocycles. The van der Waals surface area contributed by atoms with Gasteiger partial charge in [0.05, 0.1) is 5.41 Å². The summed E-state index contributed by atoms with van der Waals surface area (Å²) in [7, 11) is 0. The van der Waals surface area contributed by atoms with Gasteiger partial charge in [-0.1, -0.05) is 18.2 Å². The van der Waals surface area contributed by atoms with E-state index in [4.69, 9.17) is 0 Å². The van der Waals surface area contributed by atoms with E-state index in [2.05, 4.69) is 20.5 Å². The zero-order chi connectivity index (χ0) is 28.9. The summed E-state index contributed by atoms with van der Waals surface area (Å²) < 4.78 is 70.1. The molecule has 0 radical (unpaired) electrons. The number of aromatic nitrogens is 4. The lowest BCUT2D eigenvalue weighted by molar-refractivity contribution is -0.135. The number of piperidine rings is 1. The summed E-state index contributed by atoms with van der Waals surface area (Å²) in [6.45, 7) is 0.598. The molecule has 1 fully saturated rings. The van der Waals surface area contributed by atoms with Gasteiger partial charge in [0, 0.05) is 49.7 Å². The number of nitrogens with one attached hydrogen (secondary N) is 1. The van der Waals surface area contributed by atoms with Crippen LogP contribution in [-0.4, -0.2) is 55.7 Å². The second-order valence-corrected chi connectivity index (χ2v) is 11.0. The van der Waals surface area contributed by atoms with Gasteiger partial charge in [0.15, 0.2) is 11.6 Å². The number of likely N-dealkylation sites (tertiary alicyclic amines) is 1. The summed E-state index contributed by atoms with van der Waals surface area (Å²) >= 11 is 0. The first kappa shape index (κ1) is 27.3. The molecule has 3 aromatic rings. The summed E-state index contributed by atoms with van der Waals surface area (Å²) in [4.78, 5) is 32.2. The van der Waals surface area contributed by atoms with Gasteiger partial charge in [-0.05, 0) is 43.4 Å². The van der Waals surface area contributed by atoms with Crippen molar-refractivity contribution in [1.82, 2.24) is 24.6 Å². The number of rotatable bonds is 4. The van der Waals surface area contributed by atoms with Crippen LogP contribution in [0.5, 0.6) is 0 Å². The normalized spacial score (nSPS) is 21.8. The number of hydrogen-bond donors (Lipinski definition) is 1. The quantitative estimate of drug-likeness (QED) is 0.460. The topological polar surface area (TPSA) is 93.0 Å². The molecule has 2 aromatic heterocycles. The highest BCUT2D eigenvalue weighted by atomic mass is 19.4. The van der Waals surface area contributed by atoms with Crippen molar-refractivity contribution in [1.29, 1.82) is 0 Å². The number of carbonyl (C=O) groups excluding carboxylic acids is 2. The van der Waals surface area contributed by atoms with Gasteiger partial charge in [-0.2, -0.15) is 13.2 Å². The predicted molar refractivity (Wildman–Crippen MR) is 136 cm³/mol. The molecule has 2 amide bonds. The van der Waals surface area contributed by atoms with Crippen LogP contribution in [0.15, 0.2) is 36.5 Å². The van der Waals surface area contributed by atoms with Crippen LogP contribution in [0.2, 0.25) is 0 Å². The lowest BCUT2D eigenvalue weighted by Gasteiger charge is -2.38. The molecule has 0 aliphatic carbocycles. The zero-order valence-corrected chi connectivity index (χ0v) is 21.9. The van der Waals surface area contributed by atoms with E-state index in [1.54, 1.807) is 17.2 Å². The number of amides is 2. The molecular formula is C28H27F5N6O2. The maximum atomic E-state index is 14.7. The van der Waals surface area contributed by atoms with Crippen LogP contribution >= 0.6 is 0 Å². The van der Waals surface area contributed by atoms with E-state index in [9.17, 15) is 31.5 Å². The Morgan fingerprint density at radius 2 is 1.85 bits per heavy atom. The van der Waals surface area contributed by atoms with Crippen molar-refractivity contribution in [3.63, 3.8) is 0 Å². The minimum Gasteiger partial charge on any atom is -0.343 e. The zero-order valence-electron chi connectivity index (χ0n) is 21.9. The molecule has 216 valence electrons. The largest absolute Gasteiger partial charge is 0.396 e. The van der Waals surface area contributed by atoms with E-state index in [1.807, 2.05) is 6.07 Å². The Bertz CT molecular complexity index is 1500. The fourth-order valence-corrected chi connectivity index (χ4v) is 6.50. The average Bonchev–Trinajstić information content (AvgIpc) is 3.37. The number of pyridine rings is 1. The van der Waals surface area contributed by atoms with Gasteiger partial charge in [-0.15, -0.1) is 10.2 Å². The number of halogens is 5. The van der Waals surface area contributed by atoms with E-state index in [1.165, 1.54) is 16.7 Å². The fraction of sp³-hybridized carbons (Fsp3) is 0.464. The molecule has 6 rings (SSSR count). The molecule has 3 aliphatic rings. The first-order chi connectivity index (χ1) is 19.6. The molecule has 3 aliphatic heterocycles. The third-order valence-corrected chi connectivity index (χ3v) is 8.65. The van der Waals surface area contributed by atoms with Crippen LogP contribution in [0, 0.1) is 11.6 Å². The molecule has 2 atom stereocenters. The second-order valence-electron chi connectivity index (χ2n) is 11.0. The maximum Gasteiger partial charge on any atom is 0.396 e. The monoisotopic (exact) mass is 574 g/mol. The molecule has 0 bridgehead atoms. The van der Waals surface area contributed by atoms with Crippen molar-refractivity contribution in [2.24, 2.45) is 0 Å². The SMILES string of the molecule is O=C(C[C@H]1CC[C@H](c2cccc(F)c2F)Cn2c(CC(F)(F)F)nnc21)N1CCC2(CC1)C(=O)Nc1ncccc12. The number of benzene rings is 1. The van der Waals surface area contributed by atoms with Gasteiger partial charge in [-0.3, -0.25) is 9.59 Å². The smallest absolute Gasteiger partial charge is 0.343 e. The highest BCUT2D eigenvalue weighted by Gasteiger charge is 2.49. The van der Waals surface area contributed by atoms with Gasteiger partial charge >= 0.3 is 6.18 Å². The van der Waals surface area contributed by atoms with Crippen LogP contribution < -0.4 is 5.32 Å². The number of alkyl halides is 3. The summed E-state index contributed by atoms with van der Waals surface area (Å²) in [5, 5.41) is 10.7. The van der Waals surface area contributed by atoms with E-state index in [0.29, 0.717) is 44.6 Å². The molecule has 13 heteroatoms. The Morgan fingerprint density at radius 1 is 1.07 bits per heavy atom. The molecule has 0 saturated carbocycles. The number of anilines is 1. The third-order valence-electron chi connectivity index (χ3n) is 8.65. The summed E-state index contributed by atoms with van der Waals surface area (Å²) in [6, 6.07) is 7.43. The minimum atomic E-state index is -4.55. The van der Waals surface area contributed by atoms with E-state index in [-0.39, 0.29) is 42.0 Å². The van der Waals surface area contributed by atoms with Crippen LogP contribution in [0.4, 0.5) is 27.8 Å². The lowest BCUT2D eigenvalue weighted by atomic mass is 9.74. The molecule has 0 unspecified atom stereocenters. The lowest BCUT2D eigenvalue weighted by Crippen LogP contribution is -2.48. The summed E-state index contributed by atoms with van der Waals surface area (Å²) in [6.07, 6.45) is -2.82. The fourth-order valence-electron chi connectivity index (χ4n) is 6.50. The standard InChI is InChI=1S/C28H27F5N6O2/c29-20-5-1-3-18(23(20)30)17-7-6-16(25-37-36-21(39(25)15-17)14-28(31,32)33)13-22(40)38-11-8-27(9-12-38)19-4-2-10-34-24(19)35-26(27)41/h1-5,10,16-17H,6-9,11-15H2,(H,34,35,41)/t16-,17+/m1/s1. The average molecular weight is 575 g/mol. The maximum absolute atomic E-state index is 14.7. The first-order valence-electron chi connectivity index (χ1n) is 13.5. The Balaban J connectivity index is 1.22. The van der Waals surface area contributed by atoms with Gasteiger partial charge in [-0.25, -0.2) is 13.8 Å². The van der Waals surface area contributed by atoms with Crippen molar-refractivity contribution in [3.05, 3.63) is 70.9 Å². The van der Waals surface area contributed by atoms with Gasteiger partial charge in [0.25, 0.3) is 0 Å². The third kappa shape index (κ3) is 4.95. The van der Waals surface area contributed by atoms with E-state index in [0.717, 1.165) is 11.6 Å². The van der Waals surface area contributed by atoms with Crippen molar-refractivity contribution in [2.75, 3.05) is 18.4 Å². The van der Waals surface area contributed by atoms with Gasteiger partial charge in [0.2, 0.25) is 11.8 Å². The molecular weight excluding hydrogens is 547 g/mol. The van der Waals surface area contributed by atoms with Crippen LogP contribution in [0.1, 0.15) is 66.7 Å². The van der Waals surface area contributed by atoms with Gasteiger partial charge in [0.1, 0.15) is 23.9 Å². The molecule has 1 aromatic carbocycles. The predicted octanol–water partition coefficient (Wildman–Crippen LogP) is 4.62. The van der Waals surface area contributed by atoms with Gasteiger partial charge < -0.3 is 14.8 Å². The number of carbonyl (C=O) groups is 2. The number of nitrogens with zero attached hydrogens (tertiary/aromatic N) is 5. The van der Waals surface area contributed by atoms with Crippen LogP contribution in [0.25, 0.3) is 0 Å². The first-order valence-corrected chi connectivity index (χ1v) is 13.5. The Kier molecular flexibility index (Phi) is 6.77. The van der Waals surface area contributed by atoms with Crippen molar-refractivity contribution >= 4 is 17.6 Å². The highest BCUT2D eigenvalue weighted by molar-refractivity contribution is 6.05. The molecule has 1 N–H and O–H groups in total. The van der Waals surface area contributed by atoms with E-state index >= 15 is 0 Å². The Labute approximate surface area is 232 Å². The molecule has 1 spiro atoms. The summed E-state index contributed by atoms with van der Waals surface area (Å²) in [5.41, 5.74) is 0.139. The minimum absolute atomic E-state index is 0.0279. The Hall–Kier alpha value is -3.90. The van der Waals surface area contributed by atoms with Crippen LogP contribution in [0.3, 0.4) is 0 Å². The molecule has 1 saturated heterocycles. The molecule has 41 heavy (non-hydrogen) atoms. The number of fused-ring (bicyclic) bond motifs is 3. The van der Waals surface area contributed by atoms with Crippen molar-refractivity contribution in [3.8, 4) is 0 Å². The highest BCUT2D eigenvalue weighted by Crippen LogP contribution is 2.44. The molecule has 8 nitrogen and oxygen atoms in total. The van der Waals surface area contributed by atoms with Crippen molar-refractivity contribution < 1.29 is 31.5 Å². The second kappa shape index (κ2) is 10.2. The van der Waals surface area contributed by atoms with Crippen LogP contribution in [-0.2, 0) is 28.0 Å². The van der Waals surface area contributed by atoms with Crippen molar-refractivity contribution in [2.45, 2.75) is 68.5 Å².